The summed E-state index contributed by atoms with van der Waals surface area (Å²) in [5.41, 5.74) is 1.23. The van der Waals surface area contributed by atoms with Crippen molar-refractivity contribution in [2.75, 3.05) is 14.2 Å². The summed E-state index contributed by atoms with van der Waals surface area (Å²) >= 11 is 0. The van der Waals surface area contributed by atoms with E-state index in [0.29, 0.717) is 11.6 Å². The number of aliphatic hydroxyl groups excluding tert-OH is 1. The molecule has 2 atom stereocenters. The van der Waals surface area contributed by atoms with Crippen LogP contribution in [0.5, 0.6) is 5.88 Å². The van der Waals surface area contributed by atoms with Gasteiger partial charge in [-0.05, 0) is 5.56 Å². The summed E-state index contributed by atoms with van der Waals surface area (Å²) < 4.78 is 10.5. The van der Waals surface area contributed by atoms with Gasteiger partial charge >= 0.3 is 0 Å². The van der Waals surface area contributed by atoms with E-state index in [2.05, 4.69) is 9.97 Å². The van der Waals surface area contributed by atoms with Crippen molar-refractivity contribution in [2.24, 2.45) is 0 Å². The van der Waals surface area contributed by atoms with Crippen molar-refractivity contribution in [3.8, 4) is 5.88 Å². The lowest BCUT2D eigenvalue weighted by Crippen LogP contribution is -2.15. The zero-order valence-corrected chi connectivity index (χ0v) is 10.9. The molecule has 1 aromatic carbocycles. The normalized spacial score (nSPS) is 13.8. The second-order valence-corrected chi connectivity index (χ2v) is 3.96. The fraction of sp³-hybridized carbons (Fsp3) is 0.286. The Hall–Kier alpha value is -1.98. The summed E-state index contributed by atoms with van der Waals surface area (Å²) in [5, 5.41) is 10.4. The summed E-state index contributed by atoms with van der Waals surface area (Å²) in [7, 11) is 3.04. The third kappa shape index (κ3) is 2.89. The van der Waals surface area contributed by atoms with Crippen molar-refractivity contribution in [2.45, 2.75) is 12.2 Å². The van der Waals surface area contributed by atoms with Crippen molar-refractivity contribution in [1.82, 2.24) is 9.97 Å². The van der Waals surface area contributed by atoms with Crippen LogP contribution in [0.4, 0.5) is 0 Å². The smallest absolute Gasteiger partial charge is 0.238 e. The van der Waals surface area contributed by atoms with Crippen LogP contribution in [0.1, 0.15) is 23.5 Å². The summed E-state index contributed by atoms with van der Waals surface area (Å²) in [5.74, 6) is 0.299. The zero-order valence-electron chi connectivity index (χ0n) is 10.9. The Balaban J connectivity index is 2.33. The van der Waals surface area contributed by atoms with Crippen LogP contribution in [-0.2, 0) is 4.74 Å². The van der Waals surface area contributed by atoms with E-state index in [4.69, 9.17) is 9.47 Å². The van der Waals surface area contributed by atoms with E-state index in [9.17, 15) is 5.11 Å². The number of hydrogen-bond donors (Lipinski definition) is 1. The Morgan fingerprint density at radius 3 is 2.37 bits per heavy atom. The first-order valence-electron chi connectivity index (χ1n) is 5.88. The molecule has 1 heterocycles. The van der Waals surface area contributed by atoms with E-state index in [0.717, 1.165) is 5.56 Å². The summed E-state index contributed by atoms with van der Waals surface area (Å²) in [4.78, 5) is 8.15. The summed E-state index contributed by atoms with van der Waals surface area (Å²) in [6.07, 6.45) is 1.56. The molecule has 0 saturated carbocycles. The third-order valence-electron chi connectivity index (χ3n) is 2.83. The lowest BCUT2D eigenvalue weighted by Gasteiger charge is -2.22. The number of ether oxygens (including phenoxy) is 2. The molecule has 100 valence electrons. The van der Waals surface area contributed by atoms with E-state index >= 15 is 0 Å². The number of benzene rings is 1. The fourth-order valence-electron chi connectivity index (χ4n) is 1.93. The highest BCUT2D eigenvalue weighted by Crippen LogP contribution is 2.33. The standard InChI is InChI=1S/C14H16N2O3/c1-18-13(10-6-4-3-5-7-10)12(17)11-14(19-2)16-9-8-15-11/h3-9,12-13,17H,1-2H3. The molecule has 0 aliphatic carbocycles. The molecule has 0 aliphatic heterocycles. The molecule has 5 heteroatoms. The number of nitrogens with zero attached hydrogens (tertiary/aromatic N) is 2. The molecule has 0 saturated heterocycles. The van der Waals surface area contributed by atoms with Crippen LogP contribution in [0.15, 0.2) is 42.7 Å². The van der Waals surface area contributed by atoms with E-state index in [1.165, 1.54) is 19.5 Å². The van der Waals surface area contributed by atoms with Gasteiger partial charge < -0.3 is 14.6 Å². The number of aliphatic hydroxyl groups is 1. The number of methoxy groups -OCH3 is 2. The lowest BCUT2D eigenvalue weighted by molar-refractivity contribution is -0.0184. The highest BCUT2D eigenvalue weighted by atomic mass is 16.5. The predicted octanol–water partition coefficient (Wildman–Crippen LogP) is 1.91. The summed E-state index contributed by atoms with van der Waals surface area (Å²) in [6.45, 7) is 0. The molecular formula is C14H16N2O3. The molecule has 0 spiro atoms. The Labute approximate surface area is 111 Å². The van der Waals surface area contributed by atoms with E-state index in [1.807, 2.05) is 30.3 Å². The van der Waals surface area contributed by atoms with E-state index < -0.39 is 12.2 Å². The molecule has 2 aromatic rings. The topological polar surface area (TPSA) is 64.5 Å². The molecule has 0 amide bonds. The minimum atomic E-state index is -0.948. The number of hydrogen-bond acceptors (Lipinski definition) is 5. The minimum Gasteiger partial charge on any atom is -0.480 e. The second-order valence-electron chi connectivity index (χ2n) is 3.96. The molecule has 2 unspecified atom stereocenters. The first kappa shape index (κ1) is 13.5. The molecule has 0 aliphatic rings. The van der Waals surface area contributed by atoms with Crippen LogP contribution in [-0.4, -0.2) is 29.3 Å². The Kier molecular flexibility index (Phi) is 4.43. The van der Waals surface area contributed by atoms with Crippen LogP contribution < -0.4 is 4.74 Å². The maximum atomic E-state index is 10.4. The predicted molar refractivity (Wildman–Crippen MR) is 69.7 cm³/mol. The molecule has 0 fully saturated rings. The van der Waals surface area contributed by atoms with Gasteiger partial charge in [-0.1, -0.05) is 30.3 Å². The van der Waals surface area contributed by atoms with E-state index in [-0.39, 0.29) is 0 Å². The van der Waals surface area contributed by atoms with Gasteiger partial charge in [0, 0.05) is 19.5 Å². The molecule has 5 nitrogen and oxygen atoms in total. The van der Waals surface area contributed by atoms with Crippen LogP contribution in [0.2, 0.25) is 0 Å². The highest BCUT2D eigenvalue weighted by Gasteiger charge is 2.26. The van der Waals surface area contributed by atoms with Crippen LogP contribution >= 0.6 is 0 Å². The van der Waals surface area contributed by atoms with Crippen molar-refractivity contribution in [1.29, 1.82) is 0 Å². The van der Waals surface area contributed by atoms with Crippen LogP contribution in [0.3, 0.4) is 0 Å². The summed E-state index contributed by atoms with van der Waals surface area (Å²) in [6, 6.07) is 9.47. The van der Waals surface area contributed by atoms with Crippen LogP contribution in [0, 0.1) is 0 Å². The fourth-order valence-corrected chi connectivity index (χ4v) is 1.93. The monoisotopic (exact) mass is 260 g/mol. The first-order chi connectivity index (χ1) is 9.27. The largest absolute Gasteiger partial charge is 0.480 e. The number of aromatic nitrogens is 2. The Morgan fingerprint density at radius 1 is 1.05 bits per heavy atom. The molecule has 0 radical (unpaired) electrons. The average Bonchev–Trinajstić information content (AvgIpc) is 2.49. The molecule has 1 N–H and O–H groups in total. The second kappa shape index (κ2) is 6.26. The van der Waals surface area contributed by atoms with Gasteiger partial charge in [-0.3, -0.25) is 4.98 Å². The van der Waals surface area contributed by atoms with Crippen LogP contribution in [0.25, 0.3) is 0 Å². The van der Waals surface area contributed by atoms with Gasteiger partial charge in [0.25, 0.3) is 0 Å². The zero-order chi connectivity index (χ0) is 13.7. The average molecular weight is 260 g/mol. The molecular weight excluding hydrogens is 244 g/mol. The van der Waals surface area contributed by atoms with Gasteiger partial charge in [0.1, 0.15) is 17.9 Å². The first-order valence-corrected chi connectivity index (χ1v) is 5.88. The van der Waals surface area contributed by atoms with Gasteiger partial charge in [0.2, 0.25) is 5.88 Å². The number of rotatable bonds is 5. The van der Waals surface area contributed by atoms with Crippen molar-refractivity contribution in [3.05, 3.63) is 54.0 Å². The van der Waals surface area contributed by atoms with Crippen molar-refractivity contribution >= 4 is 0 Å². The van der Waals surface area contributed by atoms with Gasteiger partial charge in [-0.15, -0.1) is 0 Å². The third-order valence-corrected chi connectivity index (χ3v) is 2.83. The van der Waals surface area contributed by atoms with Gasteiger partial charge in [-0.2, -0.15) is 0 Å². The molecule has 1 aromatic heterocycles. The maximum absolute atomic E-state index is 10.4. The molecule has 2 rings (SSSR count). The van der Waals surface area contributed by atoms with Gasteiger partial charge in [-0.25, -0.2) is 4.98 Å². The minimum absolute atomic E-state index is 0.299. The van der Waals surface area contributed by atoms with Gasteiger partial charge in [0.05, 0.1) is 7.11 Å². The van der Waals surface area contributed by atoms with E-state index in [1.54, 1.807) is 7.11 Å². The SMILES string of the molecule is COc1nccnc1C(O)C(OC)c1ccccc1. The Morgan fingerprint density at radius 2 is 1.74 bits per heavy atom. The lowest BCUT2D eigenvalue weighted by atomic mass is 10.0. The van der Waals surface area contributed by atoms with Crippen molar-refractivity contribution in [3.63, 3.8) is 0 Å². The molecule has 0 bridgehead atoms. The van der Waals surface area contributed by atoms with Crippen molar-refractivity contribution < 1.29 is 14.6 Å². The highest BCUT2D eigenvalue weighted by molar-refractivity contribution is 5.26. The Bertz CT molecular complexity index is 519. The quantitative estimate of drug-likeness (QED) is 0.889. The maximum Gasteiger partial charge on any atom is 0.238 e. The van der Waals surface area contributed by atoms with Gasteiger partial charge in [0.15, 0.2) is 0 Å². The molecule has 19 heavy (non-hydrogen) atoms.